The Labute approximate surface area is 125 Å². The van der Waals surface area contributed by atoms with Crippen LogP contribution in [-0.4, -0.2) is 12.5 Å². The Morgan fingerprint density at radius 3 is 2.33 bits per heavy atom. The van der Waals surface area contributed by atoms with Gasteiger partial charge in [0.1, 0.15) is 0 Å². The third-order valence-electron chi connectivity index (χ3n) is 3.40. The number of nitriles is 1. The predicted molar refractivity (Wildman–Crippen MR) is 83.9 cm³/mol. The van der Waals surface area contributed by atoms with E-state index in [1.807, 2.05) is 49.4 Å². The van der Waals surface area contributed by atoms with Crippen LogP contribution in [0.25, 0.3) is 0 Å². The van der Waals surface area contributed by atoms with Crippen molar-refractivity contribution in [3.8, 4) is 6.07 Å². The normalized spacial score (nSPS) is 9.90. The third-order valence-corrected chi connectivity index (χ3v) is 3.40. The van der Waals surface area contributed by atoms with Gasteiger partial charge in [-0.3, -0.25) is 4.79 Å². The number of hydrogen-bond acceptors (Lipinski definition) is 2. The minimum Gasteiger partial charge on any atom is -0.313 e. The molecule has 0 saturated heterocycles. The Hall–Kier alpha value is -2.60. The lowest BCUT2D eigenvalue weighted by Gasteiger charge is -2.21. The number of hydrogen-bond donors (Lipinski definition) is 0. The number of anilines is 1. The van der Waals surface area contributed by atoms with E-state index < -0.39 is 0 Å². The van der Waals surface area contributed by atoms with Gasteiger partial charge in [0, 0.05) is 18.7 Å². The van der Waals surface area contributed by atoms with E-state index in [0.717, 1.165) is 11.3 Å². The highest BCUT2D eigenvalue weighted by molar-refractivity contribution is 5.93. The molecule has 0 spiro atoms. The first-order chi connectivity index (χ1) is 10.2. The lowest BCUT2D eigenvalue weighted by Crippen LogP contribution is -2.30. The number of carbonyl (C=O) groups excluding carboxylic acids is 1. The number of rotatable bonds is 5. The van der Waals surface area contributed by atoms with E-state index in [2.05, 4.69) is 6.07 Å². The summed E-state index contributed by atoms with van der Waals surface area (Å²) in [5, 5.41) is 8.77. The van der Waals surface area contributed by atoms with Crippen LogP contribution in [0.1, 0.15) is 24.5 Å². The van der Waals surface area contributed by atoms with Crippen LogP contribution in [0.5, 0.6) is 0 Å². The van der Waals surface area contributed by atoms with E-state index in [1.165, 1.54) is 0 Å². The molecule has 0 saturated carbocycles. The molecule has 0 aliphatic rings. The van der Waals surface area contributed by atoms with Crippen LogP contribution in [0, 0.1) is 11.3 Å². The van der Waals surface area contributed by atoms with Crippen molar-refractivity contribution in [1.29, 1.82) is 5.26 Å². The summed E-state index contributed by atoms with van der Waals surface area (Å²) in [7, 11) is 0. The van der Waals surface area contributed by atoms with Crippen molar-refractivity contribution in [1.82, 2.24) is 0 Å². The molecule has 0 heterocycles. The number of para-hydroxylation sites is 1. The van der Waals surface area contributed by atoms with Crippen LogP contribution in [-0.2, 0) is 11.2 Å². The molecule has 21 heavy (non-hydrogen) atoms. The first kappa shape index (κ1) is 14.8. The summed E-state index contributed by atoms with van der Waals surface area (Å²) in [5.41, 5.74) is 2.65. The van der Waals surface area contributed by atoms with Gasteiger partial charge in [-0.2, -0.15) is 5.26 Å². The molecule has 1 amide bonds. The molecule has 0 aliphatic heterocycles. The lowest BCUT2D eigenvalue weighted by atomic mass is 10.1. The van der Waals surface area contributed by atoms with Crippen LogP contribution in [0.4, 0.5) is 5.69 Å². The minimum absolute atomic E-state index is 0.119. The largest absolute Gasteiger partial charge is 0.313 e. The van der Waals surface area contributed by atoms with Crippen molar-refractivity contribution in [2.45, 2.75) is 19.8 Å². The van der Waals surface area contributed by atoms with Gasteiger partial charge in [0.2, 0.25) is 5.91 Å². The van der Waals surface area contributed by atoms with Gasteiger partial charge in [0.05, 0.1) is 11.6 Å². The first-order valence-electron chi connectivity index (χ1n) is 7.09. The van der Waals surface area contributed by atoms with Crippen molar-refractivity contribution in [3.05, 3.63) is 65.7 Å². The fraction of sp³-hybridized carbons (Fsp3) is 0.222. The van der Waals surface area contributed by atoms with E-state index >= 15 is 0 Å². The van der Waals surface area contributed by atoms with E-state index in [0.29, 0.717) is 24.9 Å². The van der Waals surface area contributed by atoms with E-state index in [4.69, 9.17) is 5.26 Å². The zero-order valence-corrected chi connectivity index (χ0v) is 12.1. The molecule has 3 heteroatoms. The van der Waals surface area contributed by atoms with Gasteiger partial charge in [-0.25, -0.2) is 0 Å². The summed E-state index contributed by atoms with van der Waals surface area (Å²) in [6.45, 7) is 2.64. The summed E-state index contributed by atoms with van der Waals surface area (Å²) >= 11 is 0. The third kappa shape index (κ3) is 3.93. The van der Waals surface area contributed by atoms with Gasteiger partial charge in [-0.05, 0) is 43.2 Å². The van der Waals surface area contributed by atoms with Crippen LogP contribution < -0.4 is 4.90 Å². The molecule has 0 N–H and O–H groups in total. The zero-order chi connectivity index (χ0) is 15.1. The van der Waals surface area contributed by atoms with Crippen molar-refractivity contribution in [3.63, 3.8) is 0 Å². The SMILES string of the molecule is CCN(C(=O)CCc1ccc(C#N)cc1)c1ccccc1. The maximum absolute atomic E-state index is 12.3. The zero-order valence-electron chi connectivity index (χ0n) is 12.1. The predicted octanol–water partition coefficient (Wildman–Crippen LogP) is 3.54. The first-order valence-corrected chi connectivity index (χ1v) is 7.09. The fourth-order valence-corrected chi connectivity index (χ4v) is 2.24. The van der Waals surface area contributed by atoms with Gasteiger partial charge < -0.3 is 4.90 Å². The Balaban J connectivity index is 1.98. The van der Waals surface area contributed by atoms with E-state index in [1.54, 1.807) is 17.0 Å². The maximum Gasteiger partial charge on any atom is 0.227 e. The standard InChI is InChI=1S/C18H18N2O/c1-2-20(17-6-4-3-5-7-17)18(21)13-12-15-8-10-16(14-19)11-9-15/h3-11H,2,12-13H2,1H3. The minimum atomic E-state index is 0.119. The number of amides is 1. The topological polar surface area (TPSA) is 44.1 Å². The molecule has 2 aromatic carbocycles. The number of aryl methyl sites for hydroxylation is 1. The molecule has 0 atom stereocenters. The van der Waals surface area contributed by atoms with Gasteiger partial charge in [-0.1, -0.05) is 30.3 Å². The average Bonchev–Trinajstić information content (AvgIpc) is 2.55. The molecule has 2 rings (SSSR count). The van der Waals surface area contributed by atoms with Gasteiger partial charge in [0.25, 0.3) is 0 Å². The Bertz CT molecular complexity index is 627. The maximum atomic E-state index is 12.3. The highest BCUT2D eigenvalue weighted by Gasteiger charge is 2.13. The monoisotopic (exact) mass is 278 g/mol. The second-order valence-electron chi connectivity index (χ2n) is 4.78. The van der Waals surface area contributed by atoms with Crippen molar-refractivity contribution in [2.75, 3.05) is 11.4 Å². The highest BCUT2D eigenvalue weighted by Crippen LogP contribution is 2.15. The molecule has 2 aromatic rings. The second kappa shape index (κ2) is 7.25. The second-order valence-corrected chi connectivity index (χ2v) is 4.78. The number of nitrogens with zero attached hydrogens (tertiary/aromatic N) is 2. The molecular weight excluding hydrogens is 260 g/mol. The van der Waals surface area contributed by atoms with Crippen LogP contribution in [0.3, 0.4) is 0 Å². The Morgan fingerprint density at radius 1 is 1.10 bits per heavy atom. The number of benzene rings is 2. The fourth-order valence-electron chi connectivity index (χ4n) is 2.24. The number of carbonyl (C=O) groups is 1. The summed E-state index contributed by atoms with van der Waals surface area (Å²) in [5.74, 6) is 0.119. The Kier molecular flexibility index (Phi) is 5.11. The molecule has 0 bridgehead atoms. The van der Waals surface area contributed by atoms with Gasteiger partial charge in [-0.15, -0.1) is 0 Å². The quantitative estimate of drug-likeness (QED) is 0.839. The molecular formula is C18H18N2O. The molecule has 0 unspecified atom stereocenters. The average molecular weight is 278 g/mol. The summed E-state index contributed by atoms with van der Waals surface area (Å²) in [6.07, 6.45) is 1.16. The molecule has 0 aliphatic carbocycles. The summed E-state index contributed by atoms with van der Waals surface area (Å²) in [4.78, 5) is 14.1. The van der Waals surface area contributed by atoms with E-state index in [-0.39, 0.29) is 5.91 Å². The smallest absolute Gasteiger partial charge is 0.227 e. The lowest BCUT2D eigenvalue weighted by molar-refractivity contribution is -0.118. The van der Waals surface area contributed by atoms with Crippen molar-refractivity contribution >= 4 is 11.6 Å². The molecule has 0 aromatic heterocycles. The molecule has 3 nitrogen and oxygen atoms in total. The Morgan fingerprint density at radius 2 is 1.76 bits per heavy atom. The van der Waals surface area contributed by atoms with Gasteiger partial charge in [0.15, 0.2) is 0 Å². The van der Waals surface area contributed by atoms with Gasteiger partial charge >= 0.3 is 0 Å². The van der Waals surface area contributed by atoms with Crippen molar-refractivity contribution < 1.29 is 4.79 Å². The summed E-state index contributed by atoms with van der Waals surface area (Å²) < 4.78 is 0. The van der Waals surface area contributed by atoms with Crippen LogP contribution >= 0.6 is 0 Å². The highest BCUT2D eigenvalue weighted by atomic mass is 16.2. The summed E-state index contributed by atoms with van der Waals surface area (Å²) in [6, 6.07) is 19.2. The van der Waals surface area contributed by atoms with Crippen molar-refractivity contribution in [2.24, 2.45) is 0 Å². The van der Waals surface area contributed by atoms with Crippen LogP contribution in [0.15, 0.2) is 54.6 Å². The molecule has 0 fully saturated rings. The van der Waals surface area contributed by atoms with E-state index in [9.17, 15) is 4.79 Å². The van der Waals surface area contributed by atoms with Crippen LogP contribution in [0.2, 0.25) is 0 Å². The molecule has 106 valence electrons. The molecule has 0 radical (unpaired) electrons.